The average molecular weight is 394 g/mol. The van der Waals surface area contributed by atoms with Crippen molar-refractivity contribution in [1.29, 1.82) is 0 Å². The fourth-order valence-corrected chi connectivity index (χ4v) is 2.98. The van der Waals surface area contributed by atoms with E-state index in [1.807, 2.05) is 83.5 Å². The topological polar surface area (TPSA) is 80.8 Å². The van der Waals surface area contributed by atoms with Crippen LogP contribution in [0.1, 0.15) is 11.4 Å². The SMILES string of the molecule is C=C(NNC(=C)c1cc(-c2ccc(N)cc2)nn1-c1ccccc1)c1ccccn1. The summed E-state index contributed by atoms with van der Waals surface area (Å²) in [5.41, 5.74) is 18.3. The second-order valence-corrected chi connectivity index (χ2v) is 6.71. The Labute approximate surface area is 175 Å². The number of nitrogens with zero attached hydrogens (tertiary/aromatic N) is 3. The zero-order valence-electron chi connectivity index (χ0n) is 16.4. The number of hydrazine groups is 1. The summed E-state index contributed by atoms with van der Waals surface area (Å²) < 4.78 is 1.85. The van der Waals surface area contributed by atoms with Gasteiger partial charge < -0.3 is 5.73 Å². The maximum atomic E-state index is 5.82. The maximum Gasteiger partial charge on any atom is 0.0934 e. The Bertz CT molecular complexity index is 1160. The Morgan fingerprint density at radius 2 is 1.53 bits per heavy atom. The van der Waals surface area contributed by atoms with Gasteiger partial charge in [-0.05, 0) is 42.5 Å². The number of nitrogens with two attached hydrogens (primary N) is 1. The van der Waals surface area contributed by atoms with Crippen molar-refractivity contribution in [3.8, 4) is 16.9 Å². The van der Waals surface area contributed by atoms with E-state index in [0.29, 0.717) is 17.1 Å². The molecule has 0 amide bonds. The van der Waals surface area contributed by atoms with Crippen molar-refractivity contribution in [2.45, 2.75) is 0 Å². The number of nitrogen functional groups attached to an aromatic ring is 1. The van der Waals surface area contributed by atoms with E-state index in [4.69, 9.17) is 10.8 Å². The minimum absolute atomic E-state index is 0.640. The third-order valence-electron chi connectivity index (χ3n) is 4.56. The Balaban J connectivity index is 1.63. The lowest BCUT2D eigenvalue weighted by Gasteiger charge is -2.15. The Kier molecular flexibility index (Phi) is 5.30. The molecule has 4 aromatic rings. The highest BCUT2D eigenvalue weighted by Crippen LogP contribution is 2.25. The molecule has 0 saturated heterocycles. The van der Waals surface area contributed by atoms with Crippen molar-refractivity contribution in [1.82, 2.24) is 25.6 Å². The molecule has 2 heterocycles. The molecule has 0 aliphatic heterocycles. The van der Waals surface area contributed by atoms with E-state index in [0.717, 1.165) is 28.3 Å². The minimum atomic E-state index is 0.640. The fourth-order valence-electron chi connectivity index (χ4n) is 2.98. The monoisotopic (exact) mass is 394 g/mol. The molecule has 0 fully saturated rings. The van der Waals surface area contributed by atoms with Gasteiger partial charge in [-0.1, -0.05) is 49.6 Å². The Morgan fingerprint density at radius 3 is 2.23 bits per heavy atom. The fraction of sp³-hybridized carbons (Fsp3) is 0. The van der Waals surface area contributed by atoms with Crippen molar-refractivity contribution in [2.24, 2.45) is 0 Å². The van der Waals surface area contributed by atoms with Crippen LogP contribution in [0.4, 0.5) is 5.69 Å². The van der Waals surface area contributed by atoms with Crippen LogP contribution >= 0.6 is 0 Å². The number of hydrogen-bond donors (Lipinski definition) is 3. The third kappa shape index (κ3) is 4.07. The second kappa shape index (κ2) is 8.36. The van der Waals surface area contributed by atoms with Gasteiger partial charge in [-0.15, -0.1) is 0 Å². The van der Waals surface area contributed by atoms with E-state index >= 15 is 0 Å². The summed E-state index contributed by atoms with van der Waals surface area (Å²) in [6.07, 6.45) is 1.72. The molecule has 30 heavy (non-hydrogen) atoms. The van der Waals surface area contributed by atoms with Gasteiger partial charge in [0.05, 0.1) is 34.2 Å². The minimum Gasteiger partial charge on any atom is -0.399 e. The van der Waals surface area contributed by atoms with Gasteiger partial charge in [-0.3, -0.25) is 15.8 Å². The molecule has 0 bridgehead atoms. The van der Waals surface area contributed by atoms with E-state index < -0.39 is 0 Å². The summed E-state index contributed by atoms with van der Waals surface area (Å²) in [6.45, 7) is 8.20. The first-order chi connectivity index (χ1) is 14.6. The summed E-state index contributed by atoms with van der Waals surface area (Å²) in [6, 6.07) is 25.2. The highest BCUT2D eigenvalue weighted by atomic mass is 15.4. The standard InChI is InChI=1S/C24H22N6/c1-17(22-10-6-7-15-26-22)27-28-18(2)24-16-23(19-11-13-20(25)14-12-19)29-30(24)21-8-4-3-5-9-21/h3-16,27-28H,1-2,25H2. The van der Waals surface area contributed by atoms with Crippen molar-refractivity contribution in [2.75, 3.05) is 5.73 Å². The summed E-state index contributed by atoms with van der Waals surface area (Å²) in [7, 11) is 0. The van der Waals surface area contributed by atoms with Crippen LogP contribution in [-0.4, -0.2) is 14.8 Å². The Morgan fingerprint density at radius 1 is 0.833 bits per heavy atom. The normalized spacial score (nSPS) is 10.4. The maximum absolute atomic E-state index is 5.82. The van der Waals surface area contributed by atoms with E-state index in [1.54, 1.807) is 6.20 Å². The van der Waals surface area contributed by atoms with Gasteiger partial charge in [-0.25, -0.2) is 4.68 Å². The van der Waals surface area contributed by atoms with Gasteiger partial charge in [0.15, 0.2) is 0 Å². The van der Waals surface area contributed by atoms with Crippen LogP contribution in [0.15, 0.2) is 98.2 Å². The lowest BCUT2D eigenvalue weighted by molar-refractivity contribution is 0.789. The van der Waals surface area contributed by atoms with Crippen LogP contribution in [0, 0.1) is 0 Å². The number of benzene rings is 2. The molecular weight excluding hydrogens is 372 g/mol. The van der Waals surface area contributed by atoms with Gasteiger partial charge in [0.2, 0.25) is 0 Å². The summed E-state index contributed by atoms with van der Waals surface area (Å²) >= 11 is 0. The van der Waals surface area contributed by atoms with Crippen LogP contribution in [0.2, 0.25) is 0 Å². The summed E-state index contributed by atoms with van der Waals surface area (Å²) in [4.78, 5) is 4.29. The van der Waals surface area contributed by atoms with Crippen LogP contribution in [0.5, 0.6) is 0 Å². The molecule has 0 saturated carbocycles. The molecule has 148 valence electrons. The molecule has 6 heteroatoms. The van der Waals surface area contributed by atoms with Crippen LogP contribution in [-0.2, 0) is 0 Å². The molecule has 2 aromatic carbocycles. The molecule has 0 atom stereocenters. The molecule has 0 spiro atoms. The van der Waals surface area contributed by atoms with Gasteiger partial charge in [0, 0.05) is 17.4 Å². The van der Waals surface area contributed by atoms with Crippen LogP contribution < -0.4 is 16.6 Å². The predicted molar refractivity (Wildman–Crippen MR) is 122 cm³/mol. The van der Waals surface area contributed by atoms with Gasteiger partial charge in [0.25, 0.3) is 0 Å². The number of rotatable bonds is 7. The first kappa shape index (κ1) is 19.0. The smallest absolute Gasteiger partial charge is 0.0934 e. The number of pyridine rings is 1. The first-order valence-corrected chi connectivity index (χ1v) is 9.45. The van der Waals surface area contributed by atoms with E-state index in [1.165, 1.54) is 0 Å². The molecule has 6 nitrogen and oxygen atoms in total. The summed E-state index contributed by atoms with van der Waals surface area (Å²) in [5.74, 6) is 0. The average Bonchev–Trinajstić information content (AvgIpc) is 3.24. The lowest BCUT2D eigenvalue weighted by Crippen LogP contribution is -2.29. The van der Waals surface area contributed by atoms with Crippen molar-refractivity contribution >= 4 is 17.1 Å². The number of hydrogen-bond acceptors (Lipinski definition) is 5. The number of anilines is 1. The van der Waals surface area contributed by atoms with Gasteiger partial charge >= 0.3 is 0 Å². The first-order valence-electron chi connectivity index (χ1n) is 9.45. The van der Waals surface area contributed by atoms with Crippen molar-refractivity contribution in [3.63, 3.8) is 0 Å². The molecule has 0 radical (unpaired) electrons. The number of aromatic nitrogens is 3. The third-order valence-corrected chi connectivity index (χ3v) is 4.56. The highest BCUT2D eigenvalue weighted by Gasteiger charge is 2.14. The molecule has 4 rings (SSSR count). The molecule has 0 aliphatic rings. The second-order valence-electron chi connectivity index (χ2n) is 6.71. The zero-order chi connectivity index (χ0) is 20.9. The molecule has 0 aliphatic carbocycles. The summed E-state index contributed by atoms with van der Waals surface area (Å²) in [5, 5.41) is 4.80. The van der Waals surface area contributed by atoms with Crippen molar-refractivity contribution in [3.05, 3.63) is 110 Å². The number of nitrogens with one attached hydrogen (secondary N) is 2. The predicted octanol–water partition coefficient (Wildman–Crippen LogP) is 4.25. The van der Waals surface area contributed by atoms with Crippen LogP contribution in [0.25, 0.3) is 28.3 Å². The number of para-hydroxylation sites is 1. The largest absolute Gasteiger partial charge is 0.399 e. The molecule has 0 unspecified atom stereocenters. The van der Waals surface area contributed by atoms with E-state index in [9.17, 15) is 0 Å². The lowest BCUT2D eigenvalue weighted by atomic mass is 10.1. The zero-order valence-corrected chi connectivity index (χ0v) is 16.4. The van der Waals surface area contributed by atoms with E-state index in [2.05, 4.69) is 29.0 Å². The Hall–Kier alpha value is -4.32. The van der Waals surface area contributed by atoms with Gasteiger partial charge in [-0.2, -0.15) is 5.10 Å². The van der Waals surface area contributed by atoms with Crippen LogP contribution in [0.3, 0.4) is 0 Å². The molecule has 2 aromatic heterocycles. The quantitative estimate of drug-likeness (QED) is 0.322. The molecular formula is C24H22N6. The van der Waals surface area contributed by atoms with Crippen molar-refractivity contribution < 1.29 is 0 Å². The highest BCUT2D eigenvalue weighted by molar-refractivity contribution is 5.70. The molecule has 4 N–H and O–H groups in total. The van der Waals surface area contributed by atoms with Gasteiger partial charge in [0.1, 0.15) is 0 Å². The van der Waals surface area contributed by atoms with E-state index in [-0.39, 0.29) is 0 Å².